The Balaban J connectivity index is 3.12. The Bertz CT molecular complexity index is 1360. The molecule has 1 aromatic rings. The highest BCUT2D eigenvalue weighted by atomic mass is 32.2. The van der Waals surface area contributed by atoms with Gasteiger partial charge in [0.1, 0.15) is 17.7 Å². The molecule has 268 valence electrons. The summed E-state index contributed by atoms with van der Waals surface area (Å²) in [5.74, 6) is -0.980. The zero-order chi connectivity index (χ0) is 36.4. The van der Waals surface area contributed by atoms with Gasteiger partial charge >= 0.3 is 12.1 Å². The van der Waals surface area contributed by atoms with Crippen LogP contribution in [-0.2, 0) is 33.5 Å². The lowest BCUT2D eigenvalue weighted by Crippen LogP contribution is -2.56. The first kappa shape index (κ1) is 41.9. The van der Waals surface area contributed by atoms with Gasteiger partial charge < -0.3 is 19.2 Å². The van der Waals surface area contributed by atoms with Gasteiger partial charge in [-0.1, -0.05) is 32.9 Å². The van der Waals surface area contributed by atoms with Crippen molar-refractivity contribution < 1.29 is 41.6 Å². The van der Waals surface area contributed by atoms with Gasteiger partial charge in [-0.25, -0.2) is 22.9 Å². The van der Waals surface area contributed by atoms with Crippen molar-refractivity contribution in [3.63, 3.8) is 0 Å². The van der Waals surface area contributed by atoms with E-state index in [1.165, 1.54) is 24.2 Å². The standard InChI is InChI=1S/C30H53N5O10SSi/c1-28(2,3)43-26(37)20-34(10)33-25(36)19-22(45-47(11,30(7,8)9)21-31-27(38)44-29(4,5)6)15-14-18-32-46(41,42)24-17-13-12-16-23(24)35(39)40/h12-13,16-17,22,32H,14-15,18-21H2,1-11H3,(H,31,38)(H,33,36)/t22-,47?/m1/s1. The molecule has 0 heterocycles. The Kier molecular flexibility index (Phi) is 15.0. The van der Waals surface area contributed by atoms with Gasteiger partial charge in [-0.15, -0.1) is 0 Å². The number of carbonyl (C=O) groups is 3. The minimum atomic E-state index is -4.20. The Hall–Kier alpha value is -3.12. The van der Waals surface area contributed by atoms with Crippen molar-refractivity contribution in [1.29, 1.82) is 0 Å². The number of alkyl carbamates (subject to hydrolysis) is 1. The summed E-state index contributed by atoms with van der Waals surface area (Å²) >= 11 is 0. The van der Waals surface area contributed by atoms with Crippen LogP contribution >= 0.6 is 0 Å². The molecular weight excluding hydrogens is 651 g/mol. The largest absolute Gasteiger partial charge is 0.459 e. The number of nitro groups is 1. The van der Waals surface area contributed by atoms with Crippen LogP contribution in [0.25, 0.3) is 0 Å². The summed E-state index contributed by atoms with van der Waals surface area (Å²) < 4.78 is 45.5. The fourth-order valence-corrected chi connectivity index (χ4v) is 7.76. The molecule has 0 aromatic heterocycles. The first-order valence-corrected chi connectivity index (χ1v) is 19.4. The van der Waals surface area contributed by atoms with Crippen LogP contribution in [0.5, 0.6) is 0 Å². The fraction of sp³-hybridized carbons (Fsp3) is 0.700. The molecular formula is C30H53N5O10SSi. The Morgan fingerprint density at radius 1 is 1.00 bits per heavy atom. The minimum Gasteiger partial charge on any atom is -0.459 e. The molecule has 0 radical (unpaired) electrons. The quantitative estimate of drug-likeness (QED) is 0.0735. The Morgan fingerprint density at radius 2 is 1.57 bits per heavy atom. The number of carbonyl (C=O) groups excluding carboxylic acids is 3. The average Bonchev–Trinajstić information content (AvgIpc) is 2.86. The summed E-state index contributed by atoms with van der Waals surface area (Å²) in [6, 6.07) is 5.04. The lowest BCUT2D eigenvalue weighted by Gasteiger charge is -2.42. The predicted molar refractivity (Wildman–Crippen MR) is 179 cm³/mol. The number of benzene rings is 1. The van der Waals surface area contributed by atoms with Crippen LogP contribution in [0.4, 0.5) is 10.5 Å². The van der Waals surface area contributed by atoms with Crippen LogP contribution in [0.2, 0.25) is 11.6 Å². The molecule has 0 saturated carbocycles. The number of amides is 2. The number of rotatable bonds is 16. The molecule has 0 aliphatic rings. The van der Waals surface area contributed by atoms with E-state index in [0.717, 1.165) is 12.1 Å². The lowest BCUT2D eigenvalue weighted by molar-refractivity contribution is -0.387. The molecule has 17 heteroatoms. The summed E-state index contributed by atoms with van der Waals surface area (Å²) in [6.45, 7) is 18.0. The van der Waals surface area contributed by atoms with E-state index in [0.29, 0.717) is 0 Å². The van der Waals surface area contributed by atoms with Crippen molar-refractivity contribution in [2.24, 2.45) is 0 Å². The Labute approximate surface area is 279 Å². The molecule has 0 aliphatic heterocycles. The average molecular weight is 704 g/mol. The highest BCUT2D eigenvalue weighted by Crippen LogP contribution is 2.38. The summed E-state index contributed by atoms with van der Waals surface area (Å²) in [4.78, 5) is 48.0. The third kappa shape index (κ3) is 15.6. The fourth-order valence-electron chi connectivity index (χ4n) is 4.13. The molecule has 0 aliphatic carbocycles. The molecule has 47 heavy (non-hydrogen) atoms. The van der Waals surface area contributed by atoms with Crippen LogP contribution in [0, 0.1) is 10.1 Å². The van der Waals surface area contributed by atoms with Gasteiger partial charge in [0.15, 0.2) is 4.90 Å². The van der Waals surface area contributed by atoms with Gasteiger partial charge in [-0.05, 0) is 72.0 Å². The maximum atomic E-state index is 13.1. The normalized spacial score (nSPS) is 14.6. The SMILES string of the molecule is CN(CC(=O)OC(C)(C)C)NC(=O)C[C@@H](CCCNS(=O)(=O)c1ccccc1[N+](=O)[O-])O[Si](C)(CNC(=O)OC(C)(C)C)C(C)(C)C. The topological polar surface area (TPSA) is 196 Å². The predicted octanol–water partition coefficient (Wildman–Crippen LogP) is 4.17. The van der Waals surface area contributed by atoms with Crippen LogP contribution in [-0.4, -0.2) is 88.2 Å². The molecule has 0 saturated heterocycles. The highest BCUT2D eigenvalue weighted by Gasteiger charge is 2.44. The van der Waals surface area contributed by atoms with Crippen molar-refractivity contribution in [1.82, 2.24) is 20.5 Å². The van der Waals surface area contributed by atoms with Crippen LogP contribution in [0.15, 0.2) is 29.2 Å². The second kappa shape index (κ2) is 16.8. The van der Waals surface area contributed by atoms with Crippen molar-refractivity contribution in [3.05, 3.63) is 34.4 Å². The van der Waals surface area contributed by atoms with E-state index >= 15 is 0 Å². The number of esters is 1. The summed E-state index contributed by atoms with van der Waals surface area (Å²) in [7, 11) is -5.56. The molecule has 0 spiro atoms. The number of nitrogens with zero attached hydrogens (tertiary/aromatic N) is 2. The second-order valence-corrected chi connectivity index (χ2v) is 20.8. The van der Waals surface area contributed by atoms with E-state index in [1.54, 1.807) is 41.5 Å². The van der Waals surface area contributed by atoms with Crippen LogP contribution < -0.4 is 15.5 Å². The minimum absolute atomic E-state index is 0.0850. The molecule has 1 unspecified atom stereocenters. The van der Waals surface area contributed by atoms with E-state index in [4.69, 9.17) is 13.9 Å². The van der Waals surface area contributed by atoms with Crippen LogP contribution in [0.1, 0.15) is 81.6 Å². The third-order valence-corrected chi connectivity index (χ3v) is 13.2. The number of ether oxygens (including phenoxy) is 2. The monoisotopic (exact) mass is 703 g/mol. The summed E-state index contributed by atoms with van der Waals surface area (Å²) in [5, 5.41) is 15.1. The number of hydrazine groups is 1. The molecule has 15 nitrogen and oxygen atoms in total. The number of nitro benzene ring substituents is 1. The maximum Gasteiger partial charge on any atom is 0.407 e. The second-order valence-electron chi connectivity index (χ2n) is 14.5. The first-order valence-electron chi connectivity index (χ1n) is 15.3. The van der Waals surface area contributed by atoms with Gasteiger partial charge in [-0.2, -0.15) is 0 Å². The summed E-state index contributed by atoms with van der Waals surface area (Å²) in [5.41, 5.74) is 0.705. The van der Waals surface area contributed by atoms with Crippen molar-refractivity contribution in [2.75, 3.05) is 26.3 Å². The van der Waals surface area contributed by atoms with E-state index in [2.05, 4.69) is 15.5 Å². The molecule has 1 aromatic carbocycles. The number of para-hydroxylation sites is 1. The van der Waals surface area contributed by atoms with Gasteiger partial charge in [0, 0.05) is 25.8 Å². The molecule has 0 bridgehead atoms. The number of sulfonamides is 1. The smallest absolute Gasteiger partial charge is 0.407 e. The van der Waals surface area contributed by atoms with Gasteiger partial charge in [-0.3, -0.25) is 25.1 Å². The van der Waals surface area contributed by atoms with Gasteiger partial charge in [0.05, 0.1) is 17.4 Å². The van der Waals surface area contributed by atoms with Crippen molar-refractivity contribution in [2.45, 2.75) is 115 Å². The third-order valence-electron chi connectivity index (χ3n) is 6.84. The van der Waals surface area contributed by atoms with Crippen LogP contribution in [0.3, 0.4) is 0 Å². The Morgan fingerprint density at radius 3 is 2.11 bits per heavy atom. The lowest BCUT2D eigenvalue weighted by atomic mass is 10.1. The van der Waals surface area contributed by atoms with E-state index in [9.17, 15) is 32.9 Å². The summed E-state index contributed by atoms with van der Waals surface area (Å²) in [6.07, 6.45) is -0.830. The molecule has 2 amide bonds. The van der Waals surface area contributed by atoms with E-state index in [1.807, 2.05) is 27.3 Å². The van der Waals surface area contributed by atoms with Crippen molar-refractivity contribution >= 4 is 42.0 Å². The number of hydrogen-bond acceptors (Lipinski definition) is 11. The van der Waals surface area contributed by atoms with E-state index < -0.39 is 74.2 Å². The molecule has 0 fully saturated rings. The number of hydrogen-bond donors (Lipinski definition) is 3. The number of nitrogens with one attached hydrogen (secondary N) is 3. The number of likely N-dealkylation sites (N-methyl/N-ethyl adjacent to an activating group) is 1. The van der Waals surface area contributed by atoms with Crippen molar-refractivity contribution in [3.8, 4) is 0 Å². The van der Waals surface area contributed by atoms with Gasteiger partial charge in [0.2, 0.25) is 24.2 Å². The zero-order valence-electron chi connectivity index (χ0n) is 29.5. The highest BCUT2D eigenvalue weighted by molar-refractivity contribution is 7.89. The maximum absolute atomic E-state index is 13.1. The first-order chi connectivity index (χ1) is 21.2. The molecule has 2 atom stereocenters. The molecule has 1 rings (SSSR count). The van der Waals surface area contributed by atoms with Gasteiger partial charge in [0.25, 0.3) is 5.69 Å². The zero-order valence-corrected chi connectivity index (χ0v) is 31.3. The molecule has 3 N–H and O–H groups in total. The van der Waals surface area contributed by atoms with E-state index in [-0.39, 0.29) is 38.5 Å².